The smallest absolute Gasteiger partial charge is 0.748 e. The van der Waals surface area contributed by atoms with E-state index in [9.17, 15) is 30.5 Å². The van der Waals surface area contributed by atoms with Gasteiger partial charge in [-0.25, -0.2) is 21.6 Å². The summed E-state index contributed by atoms with van der Waals surface area (Å²) in [6.45, 7) is -0.364. The van der Waals surface area contributed by atoms with Gasteiger partial charge in [-0.05, 0) is 12.8 Å². The van der Waals surface area contributed by atoms with E-state index >= 15 is 0 Å². The number of alkyl halides is 4. The molecule has 0 fully saturated rings. The molecule has 0 aliphatic rings. The maximum atomic E-state index is 13.3. The molecular weight excluding hydrogens is 323 g/mol. The van der Waals surface area contributed by atoms with Crippen molar-refractivity contribution in [2.75, 3.05) is 12.4 Å². The fraction of sp³-hybridized carbons (Fsp3) is 1.00. The van der Waals surface area contributed by atoms with Crippen molar-refractivity contribution in [1.29, 1.82) is 0 Å². The molecule has 0 aromatic carbocycles. The van der Waals surface area contributed by atoms with Crippen LogP contribution in [0.3, 0.4) is 0 Å². The summed E-state index contributed by atoms with van der Waals surface area (Å²) in [5, 5.41) is 0. The second-order valence-electron chi connectivity index (χ2n) is 4.80. The molecule has 0 aromatic rings. The van der Waals surface area contributed by atoms with Crippen LogP contribution in [0.5, 0.6) is 0 Å². The molecule has 21 heavy (non-hydrogen) atoms. The van der Waals surface area contributed by atoms with Gasteiger partial charge in [0.15, 0.2) is 6.17 Å². The third kappa shape index (κ3) is 14.0. The number of rotatable bonds is 12. The van der Waals surface area contributed by atoms with E-state index in [1.807, 2.05) is 0 Å². The van der Waals surface area contributed by atoms with Gasteiger partial charge in [-0.1, -0.05) is 32.1 Å². The third-order valence-electron chi connectivity index (χ3n) is 2.92. The Morgan fingerprint density at radius 1 is 0.857 bits per heavy atom. The predicted octanol–water partition coefficient (Wildman–Crippen LogP) is 0.250. The van der Waals surface area contributed by atoms with Crippen LogP contribution in [-0.2, 0) is 10.1 Å². The summed E-state index contributed by atoms with van der Waals surface area (Å²) in [6, 6.07) is 0. The Kier molecular flexibility index (Phi) is 14.9. The molecule has 0 saturated carbocycles. The normalized spacial score (nSPS) is 16.0. The first-order valence-corrected chi connectivity index (χ1v) is 8.27. The summed E-state index contributed by atoms with van der Waals surface area (Å²) in [4.78, 5) is 0. The molecule has 0 aliphatic heterocycles. The molecule has 0 spiro atoms. The third-order valence-corrected chi connectivity index (χ3v) is 3.64. The van der Waals surface area contributed by atoms with E-state index in [2.05, 4.69) is 0 Å². The van der Waals surface area contributed by atoms with Crippen molar-refractivity contribution in [2.45, 2.75) is 63.5 Å². The average molecular weight is 344 g/mol. The number of hydrogen-bond acceptors (Lipinski definition) is 3. The predicted molar refractivity (Wildman–Crippen MR) is 67.5 cm³/mol. The fourth-order valence-electron chi connectivity index (χ4n) is 1.81. The van der Waals surface area contributed by atoms with E-state index in [1.54, 1.807) is 0 Å². The van der Waals surface area contributed by atoms with E-state index in [-0.39, 0.29) is 42.7 Å². The summed E-state index contributed by atoms with van der Waals surface area (Å²) in [7, 11) is -4.90. The number of halogens is 4. The van der Waals surface area contributed by atoms with Crippen molar-refractivity contribution < 1.29 is 60.1 Å². The van der Waals surface area contributed by atoms with Crippen LogP contribution in [0.4, 0.5) is 17.6 Å². The van der Waals surface area contributed by atoms with Gasteiger partial charge in [0.25, 0.3) is 0 Å². The summed E-state index contributed by atoms with van der Waals surface area (Å²) in [5.41, 5.74) is 0. The van der Waals surface area contributed by atoms with Gasteiger partial charge in [-0.15, -0.1) is 0 Å². The minimum absolute atomic E-state index is 0. The van der Waals surface area contributed by atoms with Crippen molar-refractivity contribution in [2.24, 2.45) is 0 Å². The molecular formula is C12H21F4NaO3S. The molecule has 0 N–H and O–H groups in total. The van der Waals surface area contributed by atoms with Crippen LogP contribution < -0.4 is 29.6 Å². The van der Waals surface area contributed by atoms with E-state index in [4.69, 9.17) is 0 Å². The van der Waals surface area contributed by atoms with Crippen molar-refractivity contribution >= 4 is 10.1 Å². The first kappa shape index (κ1) is 23.9. The Morgan fingerprint density at radius 3 is 1.81 bits per heavy atom. The molecule has 0 saturated heterocycles. The standard InChI is InChI=1S/C12H22F4O3S.Na/c13-8-6-4-2-1-3-5-7-10(14)12(16)11(15)9-20(17,18)19;/h10-12H,1-9H2,(H,17,18,19);/q;+1/p-1. The van der Waals surface area contributed by atoms with Crippen LogP contribution >= 0.6 is 0 Å². The van der Waals surface area contributed by atoms with E-state index in [0.29, 0.717) is 19.3 Å². The number of unbranched alkanes of at least 4 members (excludes halogenated alkanes) is 5. The molecule has 0 rings (SSSR count). The second kappa shape index (κ2) is 13.1. The molecule has 3 nitrogen and oxygen atoms in total. The Morgan fingerprint density at radius 2 is 1.33 bits per heavy atom. The zero-order valence-electron chi connectivity index (χ0n) is 12.2. The molecule has 0 heterocycles. The summed E-state index contributed by atoms with van der Waals surface area (Å²) >= 11 is 0. The van der Waals surface area contributed by atoms with Gasteiger partial charge in [0.05, 0.1) is 22.5 Å². The summed E-state index contributed by atoms with van der Waals surface area (Å²) < 4.78 is 82.0. The molecule has 0 bridgehead atoms. The van der Waals surface area contributed by atoms with Crippen LogP contribution in [0.1, 0.15) is 44.9 Å². The first-order valence-electron chi connectivity index (χ1n) is 6.69. The van der Waals surface area contributed by atoms with Crippen molar-refractivity contribution in [3.63, 3.8) is 0 Å². The molecule has 3 atom stereocenters. The van der Waals surface area contributed by atoms with E-state index in [0.717, 1.165) is 19.3 Å². The molecule has 9 heteroatoms. The van der Waals surface area contributed by atoms with Gasteiger partial charge in [0, 0.05) is 0 Å². The Balaban J connectivity index is 0. The van der Waals surface area contributed by atoms with Gasteiger partial charge in [-0.3, -0.25) is 4.39 Å². The molecule has 0 aliphatic carbocycles. The molecule has 0 aromatic heterocycles. The van der Waals surface area contributed by atoms with Crippen LogP contribution in [0.15, 0.2) is 0 Å². The molecule has 3 unspecified atom stereocenters. The summed E-state index contributed by atoms with van der Waals surface area (Å²) in [6.07, 6.45) is -3.79. The molecule has 0 radical (unpaired) electrons. The van der Waals surface area contributed by atoms with Crippen LogP contribution in [0, 0.1) is 0 Å². The topological polar surface area (TPSA) is 57.2 Å². The van der Waals surface area contributed by atoms with Crippen molar-refractivity contribution in [3.05, 3.63) is 0 Å². The summed E-state index contributed by atoms with van der Waals surface area (Å²) in [5.74, 6) is -1.54. The van der Waals surface area contributed by atoms with Gasteiger partial charge in [-0.2, -0.15) is 0 Å². The number of hydrogen-bond donors (Lipinski definition) is 0. The molecule has 0 amide bonds. The zero-order chi connectivity index (χ0) is 15.6. The van der Waals surface area contributed by atoms with Crippen LogP contribution in [-0.4, -0.2) is 43.9 Å². The first-order chi connectivity index (χ1) is 9.28. The maximum absolute atomic E-state index is 13.3. The van der Waals surface area contributed by atoms with E-state index in [1.165, 1.54) is 0 Å². The van der Waals surface area contributed by atoms with Crippen LogP contribution in [0.2, 0.25) is 0 Å². The fourth-order valence-corrected chi connectivity index (χ4v) is 2.39. The maximum Gasteiger partial charge on any atom is 1.00 e. The average Bonchev–Trinajstić information content (AvgIpc) is 2.34. The van der Waals surface area contributed by atoms with Crippen molar-refractivity contribution in [1.82, 2.24) is 0 Å². The minimum Gasteiger partial charge on any atom is -0.748 e. The molecule has 122 valence electrons. The second-order valence-corrected chi connectivity index (χ2v) is 6.25. The van der Waals surface area contributed by atoms with E-state index < -0.39 is 34.4 Å². The largest absolute Gasteiger partial charge is 1.00 e. The van der Waals surface area contributed by atoms with Gasteiger partial charge < -0.3 is 4.55 Å². The van der Waals surface area contributed by atoms with Gasteiger partial charge >= 0.3 is 29.6 Å². The Labute approximate surface area is 145 Å². The monoisotopic (exact) mass is 344 g/mol. The minimum atomic E-state index is -4.90. The Hall–Kier alpha value is 0.630. The quantitative estimate of drug-likeness (QED) is 0.221. The van der Waals surface area contributed by atoms with Crippen LogP contribution in [0.25, 0.3) is 0 Å². The Bertz CT molecular complexity index is 343. The van der Waals surface area contributed by atoms with Gasteiger partial charge in [0.2, 0.25) is 0 Å². The SMILES string of the molecule is O=S(=O)([O-])CC(F)C(F)C(F)CCCCCCCCF.[Na+]. The van der Waals surface area contributed by atoms with Crippen molar-refractivity contribution in [3.8, 4) is 0 Å². The zero-order valence-corrected chi connectivity index (χ0v) is 15.1. The van der Waals surface area contributed by atoms with Gasteiger partial charge in [0.1, 0.15) is 12.3 Å².